The van der Waals surface area contributed by atoms with Crippen LogP contribution in [0.5, 0.6) is 0 Å². The average Bonchev–Trinajstić information content (AvgIpc) is 2.63. The Labute approximate surface area is 178 Å². The number of ether oxygens (including phenoxy) is 1. The minimum atomic E-state index is 0. The molecule has 1 atom stereocenters. The lowest BCUT2D eigenvalue weighted by Gasteiger charge is -2.35. The third-order valence-electron chi connectivity index (χ3n) is 5.25. The van der Waals surface area contributed by atoms with Gasteiger partial charge in [-0.3, -0.25) is 9.89 Å². The van der Waals surface area contributed by atoms with E-state index in [9.17, 15) is 0 Å². The molecule has 2 aliphatic rings. The van der Waals surface area contributed by atoms with Crippen LogP contribution in [-0.4, -0.2) is 61.7 Å². The Morgan fingerprint density at radius 3 is 2.62 bits per heavy atom. The fourth-order valence-corrected chi connectivity index (χ4v) is 3.75. The lowest BCUT2D eigenvalue weighted by molar-refractivity contribution is 0.0179. The monoisotopic (exact) mass is 492 g/mol. The van der Waals surface area contributed by atoms with Crippen molar-refractivity contribution in [2.75, 3.05) is 45.9 Å². The summed E-state index contributed by atoms with van der Waals surface area (Å²) in [5, 5.41) is 0.762. The molecule has 26 heavy (non-hydrogen) atoms. The zero-order valence-electron chi connectivity index (χ0n) is 15.4. The lowest BCUT2D eigenvalue weighted by Crippen LogP contribution is -2.44. The van der Waals surface area contributed by atoms with Crippen LogP contribution in [0.25, 0.3) is 0 Å². The van der Waals surface area contributed by atoms with Gasteiger partial charge < -0.3 is 15.4 Å². The fraction of sp³-hybridized carbons (Fsp3) is 0.632. The molecule has 0 bridgehead atoms. The first kappa shape index (κ1) is 21.7. The number of hydrogen-bond acceptors (Lipinski definition) is 3. The molecule has 0 saturated carbocycles. The van der Waals surface area contributed by atoms with Gasteiger partial charge in [-0.05, 0) is 36.5 Å². The van der Waals surface area contributed by atoms with Crippen LogP contribution in [0, 0.1) is 5.92 Å². The first-order valence-electron chi connectivity index (χ1n) is 9.25. The lowest BCUT2D eigenvalue weighted by atomic mass is 10.00. The second-order valence-corrected chi connectivity index (χ2v) is 7.52. The maximum absolute atomic E-state index is 6.29. The van der Waals surface area contributed by atoms with Crippen LogP contribution in [-0.2, 0) is 4.74 Å². The van der Waals surface area contributed by atoms with Gasteiger partial charge in [-0.25, -0.2) is 0 Å². The van der Waals surface area contributed by atoms with Gasteiger partial charge in [0.2, 0.25) is 0 Å². The van der Waals surface area contributed by atoms with E-state index >= 15 is 0 Å². The number of likely N-dealkylation sites (tertiary alicyclic amines) is 1. The van der Waals surface area contributed by atoms with Crippen LogP contribution in [0.15, 0.2) is 29.3 Å². The van der Waals surface area contributed by atoms with Crippen LogP contribution in [0.3, 0.4) is 0 Å². The van der Waals surface area contributed by atoms with Gasteiger partial charge in [-0.1, -0.05) is 30.7 Å². The quantitative estimate of drug-likeness (QED) is 0.398. The van der Waals surface area contributed by atoms with Crippen molar-refractivity contribution < 1.29 is 4.74 Å². The third-order valence-corrected chi connectivity index (χ3v) is 5.49. The number of nitrogens with two attached hydrogens (primary N) is 1. The van der Waals surface area contributed by atoms with Crippen LogP contribution >= 0.6 is 35.6 Å². The number of piperidine rings is 1. The average molecular weight is 493 g/mol. The van der Waals surface area contributed by atoms with Gasteiger partial charge in [0.15, 0.2) is 5.96 Å². The molecular weight excluding hydrogens is 463 g/mol. The third kappa shape index (κ3) is 5.97. The summed E-state index contributed by atoms with van der Waals surface area (Å²) in [7, 11) is 0. The molecule has 0 aliphatic carbocycles. The van der Waals surface area contributed by atoms with Gasteiger partial charge in [-0.2, -0.15) is 0 Å². The van der Waals surface area contributed by atoms with Gasteiger partial charge in [0.05, 0.1) is 25.8 Å². The van der Waals surface area contributed by atoms with Crippen molar-refractivity contribution >= 4 is 41.5 Å². The molecule has 2 saturated heterocycles. The molecule has 5 nitrogen and oxygen atoms in total. The molecule has 0 amide bonds. The highest BCUT2D eigenvalue weighted by atomic mass is 127. The van der Waals surface area contributed by atoms with Crippen LogP contribution in [0.2, 0.25) is 5.02 Å². The van der Waals surface area contributed by atoms with Crippen molar-refractivity contribution in [1.29, 1.82) is 0 Å². The van der Waals surface area contributed by atoms with Crippen molar-refractivity contribution in [3.8, 4) is 0 Å². The van der Waals surface area contributed by atoms with Crippen molar-refractivity contribution in [2.24, 2.45) is 16.6 Å². The number of halogens is 2. The smallest absolute Gasteiger partial charge is 0.191 e. The number of morpholine rings is 1. The molecular formula is C19H30ClIN4O. The van der Waals surface area contributed by atoms with E-state index in [1.165, 1.54) is 18.4 Å². The van der Waals surface area contributed by atoms with Crippen molar-refractivity contribution in [1.82, 2.24) is 9.80 Å². The highest BCUT2D eigenvalue weighted by Crippen LogP contribution is 2.25. The van der Waals surface area contributed by atoms with E-state index < -0.39 is 0 Å². The molecule has 2 N–H and O–H groups in total. The van der Waals surface area contributed by atoms with E-state index in [1.807, 2.05) is 18.2 Å². The normalized spacial score (nSPS) is 21.3. The Hall–Kier alpha value is -0.570. The summed E-state index contributed by atoms with van der Waals surface area (Å²) in [5.74, 6) is 1.46. The Kier molecular flexibility index (Phi) is 8.93. The summed E-state index contributed by atoms with van der Waals surface area (Å²) in [6, 6.07) is 8.26. The molecule has 1 unspecified atom stereocenters. The van der Waals surface area contributed by atoms with Crippen LogP contribution < -0.4 is 5.73 Å². The predicted octanol–water partition coefficient (Wildman–Crippen LogP) is 3.38. The number of aliphatic imine (C=N–C) groups is 1. The van der Waals surface area contributed by atoms with Crippen molar-refractivity contribution in [3.63, 3.8) is 0 Å². The molecule has 1 aromatic rings. The van der Waals surface area contributed by atoms with Crippen molar-refractivity contribution in [2.45, 2.75) is 25.8 Å². The highest BCUT2D eigenvalue weighted by molar-refractivity contribution is 14.0. The highest BCUT2D eigenvalue weighted by Gasteiger charge is 2.23. The summed E-state index contributed by atoms with van der Waals surface area (Å²) in [5.41, 5.74) is 7.48. The molecule has 0 radical (unpaired) electrons. The van der Waals surface area contributed by atoms with Gasteiger partial charge >= 0.3 is 0 Å². The van der Waals surface area contributed by atoms with Gasteiger partial charge in [-0.15, -0.1) is 24.0 Å². The standard InChI is InChI=1S/C19H29ClN4O.HI/c1-15-5-7-24(8-6-15)19(21)22-14-18(23-9-11-25-12-10-23)16-3-2-4-17(20)13-16;/h2-4,13,15,18H,5-12,14H2,1H3,(H2,21,22);1H. The molecule has 0 spiro atoms. The number of benzene rings is 1. The van der Waals surface area contributed by atoms with E-state index in [2.05, 4.69) is 22.8 Å². The van der Waals surface area contributed by atoms with Crippen LogP contribution in [0.4, 0.5) is 0 Å². The minimum absolute atomic E-state index is 0. The topological polar surface area (TPSA) is 54.1 Å². The molecule has 2 heterocycles. The maximum Gasteiger partial charge on any atom is 0.191 e. The summed E-state index contributed by atoms with van der Waals surface area (Å²) in [6.07, 6.45) is 2.38. The largest absolute Gasteiger partial charge is 0.379 e. The number of nitrogens with zero attached hydrogens (tertiary/aromatic N) is 3. The second-order valence-electron chi connectivity index (χ2n) is 7.09. The summed E-state index contributed by atoms with van der Waals surface area (Å²) >= 11 is 6.21. The van der Waals surface area contributed by atoms with E-state index in [0.717, 1.165) is 50.3 Å². The summed E-state index contributed by atoms with van der Waals surface area (Å²) < 4.78 is 5.50. The maximum atomic E-state index is 6.29. The molecule has 3 rings (SSSR count). The molecule has 0 aromatic heterocycles. The molecule has 146 valence electrons. The summed E-state index contributed by atoms with van der Waals surface area (Å²) in [4.78, 5) is 9.39. The van der Waals surface area contributed by atoms with Crippen molar-refractivity contribution in [3.05, 3.63) is 34.9 Å². The first-order valence-corrected chi connectivity index (χ1v) is 9.63. The predicted molar refractivity (Wildman–Crippen MR) is 118 cm³/mol. The number of hydrogen-bond donors (Lipinski definition) is 1. The fourth-order valence-electron chi connectivity index (χ4n) is 3.55. The minimum Gasteiger partial charge on any atom is -0.379 e. The molecule has 7 heteroatoms. The number of guanidine groups is 1. The number of rotatable bonds is 4. The second kappa shape index (κ2) is 10.7. The zero-order valence-corrected chi connectivity index (χ0v) is 18.5. The molecule has 1 aromatic carbocycles. The van der Waals surface area contributed by atoms with E-state index in [4.69, 9.17) is 27.1 Å². The first-order chi connectivity index (χ1) is 12.1. The Bertz CT molecular complexity index is 587. The Morgan fingerprint density at radius 2 is 1.96 bits per heavy atom. The zero-order chi connectivity index (χ0) is 17.6. The Morgan fingerprint density at radius 1 is 1.27 bits per heavy atom. The van der Waals surface area contributed by atoms with Gasteiger partial charge in [0.25, 0.3) is 0 Å². The molecule has 2 aliphatic heterocycles. The SMILES string of the molecule is CC1CCN(C(N)=NCC(c2cccc(Cl)c2)N2CCOCC2)CC1.I. The van der Waals surface area contributed by atoms with Gasteiger partial charge in [0, 0.05) is 31.2 Å². The van der Waals surface area contributed by atoms with E-state index in [0.29, 0.717) is 12.5 Å². The van der Waals surface area contributed by atoms with E-state index in [1.54, 1.807) is 0 Å². The molecule has 2 fully saturated rings. The van der Waals surface area contributed by atoms with Crippen LogP contribution in [0.1, 0.15) is 31.4 Å². The van der Waals surface area contributed by atoms with E-state index in [-0.39, 0.29) is 30.0 Å². The Balaban J connectivity index is 0.00000243. The van der Waals surface area contributed by atoms with Gasteiger partial charge in [0.1, 0.15) is 0 Å². The summed E-state index contributed by atoms with van der Waals surface area (Å²) in [6.45, 7) is 8.32.